The summed E-state index contributed by atoms with van der Waals surface area (Å²) < 4.78 is 26.5. The van der Waals surface area contributed by atoms with Crippen LogP contribution in [0.2, 0.25) is 10.0 Å². The molecule has 112 valence electrons. The van der Waals surface area contributed by atoms with Gasteiger partial charge in [-0.25, -0.2) is 13.1 Å². The summed E-state index contributed by atoms with van der Waals surface area (Å²) in [6, 6.07) is 14.2. The number of benzene rings is 2. The molecule has 21 heavy (non-hydrogen) atoms. The van der Waals surface area contributed by atoms with Crippen molar-refractivity contribution in [1.82, 2.24) is 4.72 Å². The Labute approximate surface area is 135 Å². The van der Waals surface area contributed by atoms with Gasteiger partial charge >= 0.3 is 0 Å². The van der Waals surface area contributed by atoms with Crippen molar-refractivity contribution in [2.24, 2.45) is 0 Å². The number of hydrogen-bond acceptors (Lipinski definition) is 2. The first kappa shape index (κ1) is 16.3. The monoisotopic (exact) mass is 343 g/mol. The predicted molar refractivity (Wildman–Crippen MR) is 87.2 cm³/mol. The molecule has 0 heterocycles. The molecule has 2 aromatic carbocycles. The molecule has 0 aliphatic heterocycles. The van der Waals surface area contributed by atoms with Crippen LogP contribution in [-0.2, 0) is 22.2 Å². The molecule has 0 aromatic heterocycles. The number of rotatable bonds is 6. The minimum absolute atomic E-state index is 0.0752. The SMILES string of the molecule is O=S(=O)(Cc1cccc(Cl)c1)NCCc1ccc(Cl)cc1. The molecule has 1 N–H and O–H groups in total. The maximum atomic E-state index is 12.0. The molecule has 0 bridgehead atoms. The molecule has 2 rings (SSSR count). The Morgan fingerprint density at radius 3 is 2.29 bits per heavy atom. The fourth-order valence-electron chi connectivity index (χ4n) is 1.90. The van der Waals surface area contributed by atoms with E-state index in [0.29, 0.717) is 28.6 Å². The fraction of sp³-hybridized carbons (Fsp3) is 0.200. The van der Waals surface area contributed by atoms with Crippen molar-refractivity contribution in [2.75, 3.05) is 6.54 Å². The van der Waals surface area contributed by atoms with E-state index in [1.807, 2.05) is 12.1 Å². The van der Waals surface area contributed by atoms with Gasteiger partial charge < -0.3 is 0 Å². The molecule has 0 atom stereocenters. The Kier molecular flexibility index (Phi) is 5.65. The van der Waals surface area contributed by atoms with Crippen LogP contribution in [0.25, 0.3) is 0 Å². The van der Waals surface area contributed by atoms with Gasteiger partial charge in [0.25, 0.3) is 0 Å². The quantitative estimate of drug-likeness (QED) is 0.869. The summed E-state index contributed by atoms with van der Waals surface area (Å²) in [7, 11) is -3.36. The van der Waals surface area contributed by atoms with Gasteiger partial charge in [0.15, 0.2) is 0 Å². The van der Waals surface area contributed by atoms with Crippen LogP contribution in [0.1, 0.15) is 11.1 Å². The van der Waals surface area contributed by atoms with Gasteiger partial charge in [-0.3, -0.25) is 0 Å². The third-order valence-corrected chi connectivity index (χ3v) is 4.74. The van der Waals surface area contributed by atoms with Crippen LogP contribution in [-0.4, -0.2) is 15.0 Å². The lowest BCUT2D eigenvalue weighted by Crippen LogP contribution is -2.27. The first-order valence-corrected chi connectivity index (χ1v) is 8.82. The zero-order chi connectivity index (χ0) is 15.3. The van der Waals surface area contributed by atoms with Crippen LogP contribution in [0.4, 0.5) is 0 Å². The molecular weight excluding hydrogens is 329 g/mol. The molecule has 2 aromatic rings. The Morgan fingerprint density at radius 2 is 1.62 bits per heavy atom. The van der Waals surface area contributed by atoms with Gasteiger partial charge in [-0.05, 0) is 41.8 Å². The lowest BCUT2D eigenvalue weighted by Gasteiger charge is -2.07. The van der Waals surface area contributed by atoms with E-state index in [9.17, 15) is 8.42 Å². The van der Waals surface area contributed by atoms with Gasteiger partial charge in [-0.1, -0.05) is 47.5 Å². The highest BCUT2D eigenvalue weighted by Crippen LogP contribution is 2.13. The highest BCUT2D eigenvalue weighted by atomic mass is 35.5. The first-order valence-electron chi connectivity index (χ1n) is 6.41. The molecule has 6 heteroatoms. The van der Waals surface area contributed by atoms with Crippen LogP contribution in [0.5, 0.6) is 0 Å². The zero-order valence-corrected chi connectivity index (χ0v) is 13.5. The standard InChI is InChI=1S/C15H15Cl2NO2S/c16-14-6-4-12(5-7-14)8-9-18-21(19,20)11-13-2-1-3-15(17)10-13/h1-7,10,18H,8-9,11H2. The summed E-state index contributed by atoms with van der Waals surface area (Å²) >= 11 is 11.6. The van der Waals surface area contributed by atoms with Crippen molar-refractivity contribution < 1.29 is 8.42 Å². The van der Waals surface area contributed by atoms with E-state index in [4.69, 9.17) is 23.2 Å². The maximum Gasteiger partial charge on any atom is 0.215 e. The van der Waals surface area contributed by atoms with E-state index >= 15 is 0 Å². The number of sulfonamides is 1. The highest BCUT2D eigenvalue weighted by molar-refractivity contribution is 7.88. The van der Waals surface area contributed by atoms with E-state index in [2.05, 4.69) is 4.72 Å². The summed E-state index contributed by atoms with van der Waals surface area (Å²) in [5, 5.41) is 1.20. The molecule has 0 radical (unpaired) electrons. The molecule has 0 saturated carbocycles. The van der Waals surface area contributed by atoms with Crippen molar-refractivity contribution in [2.45, 2.75) is 12.2 Å². The second-order valence-electron chi connectivity index (χ2n) is 4.66. The summed E-state index contributed by atoms with van der Waals surface area (Å²) in [4.78, 5) is 0. The van der Waals surface area contributed by atoms with Crippen LogP contribution in [0, 0.1) is 0 Å². The third kappa shape index (κ3) is 5.67. The Bertz CT molecular complexity index is 700. The minimum atomic E-state index is -3.36. The second-order valence-corrected chi connectivity index (χ2v) is 7.34. The van der Waals surface area contributed by atoms with E-state index < -0.39 is 10.0 Å². The average Bonchev–Trinajstić information content (AvgIpc) is 2.40. The molecule has 0 spiro atoms. The maximum absolute atomic E-state index is 12.0. The van der Waals surface area contributed by atoms with E-state index in [0.717, 1.165) is 5.56 Å². The van der Waals surface area contributed by atoms with Gasteiger partial charge in [0.1, 0.15) is 0 Å². The lowest BCUT2D eigenvalue weighted by atomic mass is 10.2. The molecule has 0 unspecified atom stereocenters. The topological polar surface area (TPSA) is 46.2 Å². The van der Waals surface area contributed by atoms with E-state index in [1.54, 1.807) is 36.4 Å². The predicted octanol–water partition coefficient (Wildman–Crippen LogP) is 3.66. The Hall–Kier alpha value is -1.07. The zero-order valence-electron chi connectivity index (χ0n) is 11.2. The molecular formula is C15H15Cl2NO2S. The minimum Gasteiger partial charge on any atom is -0.215 e. The Morgan fingerprint density at radius 1 is 0.905 bits per heavy atom. The van der Waals surface area contributed by atoms with E-state index in [-0.39, 0.29) is 5.75 Å². The molecule has 0 amide bonds. The fourth-order valence-corrected chi connectivity index (χ4v) is 3.37. The lowest BCUT2D eigenvalue weighted by molar-refractivity contribution is 0.581. The van der Waals surface area contributed by atoms with E-state index in [1.165, 1.54) is 0 Å². The van der Waals surface area contributed by atoms with Gasteiger partial charge in [0.05, 0.1) is 5.75 Å². The molecule has 0 fully saturated rings. The van der Waals surface area contributed by atoms with Crippen LogP contribution >= 0.6 is 23.2 Å². The first-order chi connectivity index (χ1) is 9.94. The Balaban J connectivity index is 1.88. The summed E-state index contributed by atoms with van der Waals surface area (Å²) in [5.74, 6) is -0.0752. The van der Waals surface area contributed by atoms with Crippen LogP contribution in [0.15, 0.2) is 48.5 Å². The van der Waals surface area contributed by atoms with Crippen LogP contribution in [0.3, 0.4) is 0 Å². The largest absolute Gasteiger partial charge is 0.215 e. The smallest absolute Gasteiger partial charge is 0.215 e. The average molecular weight is 344 g/mol. The summed E-state index contributed by atoms with van der Waals surface area (Å²) in [6.07, 6.45) is 0.617. The molecule has 0 saturated heterocycles. The molecule has 3 nitrogen and oxygen atoms in total. The van der Waals surface area contributed by atoms with Crippen LogP contribution < -0.4 is 4.72 Å². The van der Waals surface area contributed by atoms with Crippen molar-refractivity contribution in [3.63, 3.8) is 0 Å². The van der Waals surface area contributed by atoms with Crippen molar-refractivity contribution >= 4 is 33.2 Å². The number of hydrogen-bond donors (Lipinski definition) is 1. The normalized spacial score (nSPS) is 11.5. The second kappa shape index (κ2) is 7.27. The molecule has 0 aliphatic rings. The van der Waals surface area contributed by atoms with Crippen molar-refractivity contribution in [1.29, 1.82) is 0 Å². The number of nitrogens with one attached hydrogen (secondary N) is 1. The third-order valence-electron chi connectivity index (χ3n) is 2.89. The van der Waals surface area contributed by atoms with Crippen molar-refractivity contribution in [3.05, 3.63) is 69.7 Å². The molecule has 0 aliphatic carbocycles. The number of halogens is 2. The van der Waals surface area contributed by atoms with Crippen molar-refractivity contribution in [3.8, 4) is 0 Å². The van der Waals surface area contributed by atoms with Gasteiger partial charge in [-0.15, -0.1) is 0 Å². The van der Waals surface area contributed by atoms with Gasteiger partial charge in [-0.2, -0.15) is 0 Å². The summed E-state index contributed by atoms with van der Waals surface area (Å²) in [6.45, 7) is 0.352. The summed E-state index contributed by atoms with van der Waals surface area (Å²) in [5.41, 5.74) is 1.70. The highest BCUT2D eigenvalue weighted by Gasteiger charge is 2.11. The van der Waals surface area contributed by atoms with Gasteiger partial charge in [0.2, 0.25) is 10.0 Å². The van der Waals surface area contributed by atoms with Gasteiger partial charge in [0, 0.05) is 16.6 Å².